The molecule has 1 aliphatic heterocycles. The predicted octanol–water partition coefficient (Wildman–Crippen LogP) is 1.38. The molecule has 1 saturated heterocycles. The molecule has 0 saturated carbocycles. The Morgan fingerprint density at radius 1 is 1.37 bits per heavy atom. The molecule has 1 heterocycles. The van der Waals surface area contributed by atoms with Gasteiger partial charge in [0.1, 0.15) is 0 Å². The van der Waals surface area contributed by atoms with E-state index < -0.39 is 17.8 Å². The van der Waals surface area contributed by atoms with Gasteiger partial charge < -0.3 is 9.80 Å². The van der Waals surface area contributed by atoms with Gasteiger partial charge in [-0.2, -0.15) is 0 Å². The maximum atomic E-state index is 13.7. The SMILES string of the molecule is C=CC(=O)N(C)CC(=O)N1C[C@@H](C)C(F)(F)[C@@H](C)C1. The second kappa shape index (κ2) is 5.67. The van der Waals surface area contributed by atoms with E-state index in [4.69, 9.17) is 0 Å². The third-order valence-electron chi connectivity index (χ3n) is 3.58. The molecule has 0 aromatic heterocycles. The van der Waals surface area contributed by atoms with Gasteiger partial charge in [-0.25, -0.2) is 8.78 Å². The summed E-state index contributed by atoms with van der Waals surface area (Å²) < 4.78 is 27.3. The quantitative estimate of drug-likeness (QED) is 0.730. The van der Waals surface area contributed by atoms with Crippen molar-refractivity contribution < 1.29 is 18.4 Å². The summed E-state index contributed by atoms with van der Waals surface area (Å²) in [5.41, 5.74) is 0. The molecule has 0 unspecified atom stereocenters. The first-order valence-electron chi connectivity index (χ1n) is 6.23. The van der Waals surface area contributed by atoms with Crippen molar-refractivity contribution in [3.05, 3.63) is 12.7 Å². The van der Waals surface area contributed by atoms with Crippen molar-refractivity contribution in [1.29, 1.82) is 0 Å². The summed E-state index contributed by atoms with van der Waals surface area (Å²) in [6, 6.07) is 0. The Morgan fingerprint density at radius 2 is 1.84 bits per heavy atom. The van der Waals surface area contributed by atoms with Gasteiger partial charge in [0.15, 0.2) is 0 Å². The fraction of sp³-hybridized carbons (Fsp3) is 0.692. The van der Waals surface area contributed by atoms with Crippen LogP contribution in [0.5, 0.6) is 0 Å². The number of alkyl halides is 2. The molecule has 1 rings (SSSR count). The molecule has 1 fully saturated rings. The molecule has 0 spiro atoms. The third kappa shape index (κ3) is 3.30. The van der Waals surface area contributed by atoms with Gasteiger partial charge in [0.2, 0.25) is 11.8 Å². The summed E-state index contributed by atoms with van der Waals surface area (Å²) in [4.78, 5) is 25.9. The Labute approximate surface area is 112 Å². The molecule has 0 bridgehead atoms. The van der Waals surface area contributed by atoms with Gasteiger partial charge in [0.05, 0.1) is 6.54 Å². The van der Waals surface area contributed by atoms with Gasteiger partial charge in [-0.1, -0.05) is 20.4 Å². The van der Waals surface area contributed by atoms with Crippen molar-refractivity contribution in [3.8, 4) is 0 Å². The fourth-order valence-electron chi connectivity index (χ4n) is 2.21. The van der Waals surface area contributed by atoms with Crippen LogP contribution in [0.25, 0.3) is 0 Å². The summed E-state index contributed by atoms with van der Waals surface area (Å²) in [5.74, 6) is -5.18. The number of rotatable bonds is 3. The maximum Gasteiger partial charge on any atom is 0.256 e. The molecule has 4 nitrogen and oxygen atoms in total. The van der Waals surface area contributed by atoms with Crippen LogP contribution in [0.15, 0.2) is 12.7 Å². The lowest BCUT2D eigenvalue weighted by atomic mass is 9.87. The second-order valence-corrected chi connectivity index (χ2v) is 5.17. The minimum atomic E-state index is -2.75. The zero-order valence-electron chi connectivity index (χ0n) is 11.5. The molecule has 19 heavy (non-hydrogen) atoms. The number of nitrogens with zero attached hydrogens (tertiary/aromatic N) is 2. The standard InChI is InChI=1S/C13H20F2N2O2/c1-5-11(18)16(4)8-12(19)17-6-9(2)13(14,15)10(3)7-17/h5,9-10H,1,6-8H2,2-4H3/t9-,10+. The normalized spacial score (nSPS) is 25.8. The van der Waals surface area contributed by atoms with Crippen LogP contribution in [0.2, 0.25) is 0 Å². The minimum Gasteiger partial charge on any atom is -0.340 e. The highest BCUT2D eigenvalue weighted by Gasteiger charge is 2.47. The zero-order chi connectivity index (χ0) is 14.8. The number of piperidine rings is 1. The Hall–Kier alpha value is -1.46. The largest absolute Gasteiger partial charge is 0.340 e. The average molecular weight is 274 g/mol. The Balaban J connectivity index is 2.65. The number of amides is 2. The van der Waals surface area contributed by atoms with Crippen molar-refractivity contribution in [2.45, 2.75) is 19.8 Å². The Bertz CT molecular complexity index is 371. The second-order valence-electron chi connectivity index (χ2n) is 5.17. The lowest BCUT2D eigenvalue weighted by Crippen LogP contribution is -2.55. The van der Waals surface area contributed by atoms with E-state index in [0.717, 1.165) is 6.08 Å². The summed E-state index contributed by atoms with van der Waals surface area (Å²) in [6.45, 7) is 6.13. The molecular weight excluding hydrogens is 254 g/mol. The monoisotopic (exact) mass is 274 g/mol. The first-order valence-corrected chi connectivity index (χ1v) is 6.23. The van der Waals surface area contributed by atoms with Gasteiger partial charge in [0.25, 0.3) is 5.92 Å². The van der Waals surface area contributed by atoms with E-state index in [1.54, 1.807) is 0 Å². The molecule has 1 aliphatic rings. The van der Waals surface area contributed by atoms with Crippen molar-refractivity contribution in [1.82, 2.24) is 9.80 Å². The van der Waals surface area contributed by atoms with Crippen LogP contribution in [0.3, 0.4) is 0 Å². The maximum absolute atomic E-state index is 13.7. The number of carbonyl (C=O) groups excluding carboxylic acids is 2. The van der Waals surface area contributed by atoms with Crippen molar-refractivity contribution >= 4 is 11.8 Å². The van der Waals surface area contributed by atoms with Crippen LogP contribution in [0.4, 0.5) is 8.78 Å². The first-order chi connectivity index (χ1) is 8.70. The van der Waals surface area contributed by atoms with Gasteiger partial charge in [-0.15, -0.1) is 0 Å². The molecule has 108 valence electrons. The highest BCUT2D eigenvalue weighted by Crippen LogP contribution is 2.37. The summed E-state index contributed by atoms with van der Waals surface area (Å²) in [6.07, 6.45) is 1.11. The molecule has 0 aromatic rings. The average Bonchev–Trinajstić information content (AvgIpc) is 2.34. The van der Waals surface area contributed by atoms with Gasteiger partial charge in [-0.3, -0.25) is 9.59 Å². The Morgan fingerprint density at radius 3 is 2.26 bits per heavy atom. The molecular formula is C13H20F2N2O2. The Kier molecular flexibility index (Phi) is 4.66. The third-order valence-corrected chi connectivity index (χ3v) is 3.58. The lowest BCUT2D eigenvalue weighted by Gasteiger charge is -2.41. The van der Waals surface area contributed by atoms with Gasteiger partial charge in [-0.05, 0) is 6.08 Å². The molecule has 0 radical (unpaired) electrons. The van der Waals surface area contributed by atoms with Crippen LogP contribution in [-0.2, 0) is 9.59 Å². The number of carbonyl (C=O) groups is 2. The molecule has 0 N–H and O–H groups in total. The van der Waals surface area contributed by atoms with Crippen molar-refractivity contribution in [2.24, 2.45) is 11.8 Å². The molecule has 0 aromatic carbocycles. The summed E-state index contributed by atoms with van der Waals surface area (Å²) in [7, 11) is 1.48. The van der Waals surface area contributed by atoms with E-state index >= 15 is 0 Å². The summed E-state index contributed by atoms with van der Waals surface area (Å²) in [5, 5.41) is 0. The smallest absolute Gasteiger partial charge is 0.256 e. The zero-order valence-corrected chi connectivity index (χ0v) is 11.5. The topological polar surface area (TPSA) is 40.6 Å². The minimum absolute atomic E-state index is 0.0201. The molecule has 2 atom stereocenters. The van der Waals surface area contributed by atoms with E-state index in [9.17, 15) is 18.4 Å². The number of hydrogen-bond acceptors (Lipinski definition) is 2. The van der Waals surface area contributed by atoms with Crippen LogP contribution >= 0.6 is 0 Å². The highest BCUT2D eigenvalue weighted by molar-refractivity contribution is 5.90. The van der Waals surface area contributed by atoms with Crippen molar-refractivity contribution in [3.63, 3.8) is 0 Å². The van der Waals surface area contributed by atoms with Crippen LogP contribution < -0.4 is 0 Å². The molecule has 0 aliphatic carbocycles. The van der Waals surface area contributed by atoms with Gasteiger partial charge in [0, 0.05) is 32.0 Å². The number of halogens is 2. The van der Waals surface area contributed by atoms with E-state index in [1.807, 2.05) is 0 Å². The van der Waals surface area contributed by atoms with E-state index in [1.165, 1.54) is 30.7 Å². The lowest BCUT2D eigenvalue weighted by molar-refractivity contribution is -0.159. The van der Waals surface area contributed by atoms with Crippen LogP contribution in [0, 0.1) is 11.8 Å². The van der Waals surface area contributed by atoms with E-state index in [2.05, 4.69) is 6.58 Å². The van der Waals surface area contributed by atoms with Crippen molar-refractivity contribution in [2.75, 3.05) is 26.7 Å². The highest BCUT2D eigenvalue weighted by atomic mass is 19.3. The first kappa shape index (κ1) is 15.6. The predicted molar refractivity (Wildman–Crippen MR) is 67.7 cm³/mol. The van der Waals surface area contributed by atoms with E-state index in [-0.39, 0.29) is 31.4 Å². The van der Waals surface area contributed by atoms with Crippen LogP contribution in [-0.4, -0.2) is 54.2 Å². The van der Waals surface area contributed by atoms with Crippen LogP contribution in [0.1, 0.15) is 13.8 Å². The fourth-order valence-corrected chi connectivity index (χ4v) is 2.21. The number of hydrogen-bond donors (Lipinski definition) is 0. The number of likely N-dealkylation sites (tertiary alicyclic amines) is 1. The molecule has 2 amide bonds. The van der Waals surface area contributed by atoms with E-state index in [0.29, 0.717) is 0 Å². The summed E-state index contributed by atoms with van der Waals surface area (Å²) >= 11 is 0. The number of likely N-dealkylation sites (N-methyl/N-ethyl adjacent to an activating group) is 1. The van der Waals surface area contributed by atoms with Gasteiger partial charge >= 0.3 is 0 Å². The molecule has 6 heteroatoms.